The van der Waals surface area contributed by atoms with Crippen molar-refractivity contribution in [1.82, 2.24) is 9.88 Å². The summed E-state index contributed by atoms with van der Waals surface area (Å²) in [5.41, 5.74) is 0.870. The smallest absolute Gasteiger partial charge is 0.240 e. The van der Waals surface area contributed by atoms with Crippen LogP contribution in [0.5, 0.6) is 0 Å². The van der Waals surface area contributed by atoms with Crippen LogP contribution in [0.1, 0.15) is 25.7 Å². The van der Waals surface area contributed by atoms with Crippen LogP contribution in [-0.4, -0.2) is 35.4 Å². The molecule has 1 aromatic heterocycles. The Morgan fingerprint density at radius 3 is 2.81 bits per heavy atom. The number of fused-ring (bicyclic) bond motifs is 1. The minimum Gasteiger partial charge on any atom is -0.301 e. The van der Waals surface area contributed by atoms with Gasteiger partial charge in [0, 0.05) is 5.02 Å². The van der Waals surface area contributed by atoms with Crippen LogP contribution in [0.3, 0.4) is 0 Å². The second-order valence-electron chi connectivity index (χ2n) is 5.37. The van der Waals surface area contributed by atoms with Crippen LogP contribution in [-0.2, 0) is 4.79 Å². The summed E-state index contributed by atoms with van der Waals surface area (Å²) in [7, 11) is 0. The topological polar surface area (TPSA) is 45.2 Å². The number of amides is 1. The molecule has 1 aliphatic heterocycles. The van der Waals surface area contributed by atoms with E-state index in [0.29, 0.717) is 16.7 Å². The molecular weight excluding hydrogens is 306 g/mol. The van der Waals surface area contributed by atoms with Gasteiger partial charge in [-0.15, -0.1) is 0 Å². The van der Waals surface area contributed by atoms with Crippen LogP contribution in [0.4, 0.5) is 5.13 Å². The van der Waals surface area contributed by atoms with Gasteiger partial charge in [-0.2, -0.15) is 0 Å². The minimum atomic E-state index is 0.0158. The van der Waals surface area contributed by atoms with Crippen LogP contribution < -0.4 is 5.32 Å². The first kappa shape index (κ1) is 14.8. The fraction of sp³-hybridized carbons (Fsp3) is 0.467. The summed E-state index contributed by atoms with van der Waals surface area (Å²) in [6.07, 6.45) is 4.92. The molecule has 1 fully saturated rings. The number of hydrogen-bond acceptors (Lipinski definition) is 4. The molecule has 1 N–H and O–H groups in total. The van der Waals surface area contributed by atoms with Crippen molar-refractivity contribution in [3.05, 3.63) is 23.2 Å². The lowest BCUT2D eigenvalue weighted by molar-refractivity contribution is -0.117. The van der Waals surface area contributed by atoms with Gasteiger partial charge in [0.1, 0.15) is 0 Å². The molecule has 0 unspecified atom stereocenters. The van der Waals surface area contributed by atoms with Crippen molar-refractivity contribution in [3.63, 3.8) is 0 Å². The molecule has 3 rings (SSSR count). The highest BCUT2D eigenvalue weighted by Gasteiger charge is 2.14. The average molecular weight is 324 g/mol. The molecule has 4 nitrogen and oxygen atoms in total. The minimum absolute atomic E-state index is 0.0158. The summed E-state index contributed by atoms with van der Waals surface area (Å²) < 4.78 is 0.993. The summed E-state index contributed by atoms with van der Waals surface area (Å²) in [4.78, 5) is 18.8. The first-order valence-corrected chi connectivity index (χ1v) is 8.48. The van der Waals surface area contributed by atoms with Crippen LogP contribution in [0.2, 0.25) is 5.02 Å². The Labute approximate surface area is 133 Å². The van der Waals surface area contributed by atoms with Gasteiger partial charge in [0.05, 0.1) is 16.8 Å². The number of anilines is 1. The Morgan fingerprint density at radius 1 is 1.29 bits per heavy atom. The van der Waals surface area contributed by atoms with E-state index < -0.39 is 0 Å². The molecule has 6 heteroatoms. The second kappa shape index (κ2) is 6.73. The Morgan fingerprint density at radius 2 is 2.05 bits per heavy atom. The number of nitrogens with zero attached hydrogens (tertiary/aromatic N) is 2. The number of hydrogen-bond donors (Lipinski definition) is 1. The van der Waals surface area contributed by atoms with E-state index in [1.54, 1.807) is 0 Å². The number of benzene rings is 1. The van der Waals surface area contributed by atoms with E-state index in [9.17, 15) is 4.79 Å². The van der Waals surface area contributed by atoms with Gasteiger partial charge in [-0.1, -0.05) is 35.8 Å². The Hall–Kier alpha value is -1.17. The number of aromatic nitrogens is 1. The number of thiazole rings is 1. The van der Waals surface area contributed by atoms with Crippen molar-refractivity contribution in [2.24, 2.45) is 0 Å². The Kier molecular flexibility index (Phi) is 4.73. The lowest BCUT2D eigenvalue weighted by Gasteiger charge is -2.18. The van der Waals surface area contributed by atoms with Crippen LogP contribution in [0, 0.1) is 0 Å². The third-order valence-corrected chi connectivity index (χ3v) is 4.83. The molecule has 1 aromatic carbocycles. The summed E-state index contributed by atoms with van der Waals surface area (Å²) in [5, 5.41) is 4.24. The first-order chi connectivity index (χ1) is 10.2. The third-order valence-electron chi connectivity index (χ3n) is 3.66. The van der Waals surface area contributed by atoms with Crippen molar-refractivity contribution in [1.29, 1.82) is 0 Å². The molecule has 21 heavy (non-hydrogen) atoms. The van der Waals surface area contributed by atoms with Crippen LogP contribution >= 0.6 is 22.9 Å². The lowest BCUT2D eigenvalue weighted by atomic mass is 10.2. The van der Waals surface area contributed by atoms with Gasteiger partial charge >= 0.3 is 0 Å². The van der Waals surface area contributed by atoms with Crippen molar-refractivity contribution in [2.45, 2.75) is 25.7 Å². The molecule has 2 aromatic rings. The highest BCUT2D eigenvalue weighted by molar-refractivity contribution is 7.22. The van der Waals surface area contributed by atoms with Crippen molar-refractivity contribution >= 4 is 44.2 Å². The normalized spacial score (nSPS) is 16.8. The second-order valence-corrected chi connectivity index (χ2v) is 6.84. The molecule has 0 radical (unpaired) electrons. The zero-order chi connectivity index (χ0) is 14.7. The summed E-state index contributed by atoms with van der Waals surface area (Å²) in [6, 6.07) is 5.56. The van der Waals surface area contributed by atoms with Crippen molar-refractivity contribution in [3.8, 4) is 0 Å². The van der Waals surface area contributed by atoms with E-state index in [2.05, 4.69) is 15.2 Å². The molecule has 2 heterocycles. The molecule has 0 spiro atoms. The maximum absolute atomic E-state index is 12.1. The molecule has 112 valence electrons. The van der Waals surface area contributed by atoms with Gasteiger partial charge in [-0.3, -0.25) is 9.69 Å². The van der Waals surface area contributed by atoms with Crippen LogP contribution in [0.25, 0.3) is 10.2 Å². The van der Waals surface area contributed by atoms with Gasteiger partial charge in [0.15, 0.2) is 5.13 Å². The van der Waals surface area contributed by atoms with Gasteiger partial charge in [0.2, 0.25) is 5.91 Å². The largest absolute Gasteiger partial charge is 0.301 e. The summed E-state index contributed by atoms with van der Waals surface area (Å²) in [5.74, 6) is 0.0158. The molecule has 1 aliphatic rings. The first-order valence-electron chi connectivity index (χ1n) is 7.29. The van der Waals surface area contributed by atoms with Crippen molar-refractivity contribution in [2.75, 3.05) is 25.0 Å². The predicted octanol–water partition coefficient (Wildman–Crippen LogP) is 3.76. The molecule has 0 bridgehead atoms. The van der Waals surface area contributed by atoms with E-state index in [-0.39, 0.29) is 5.91 Å². The monoisotopic (exact) mass is 323 g/mol. The fourth-order valence-electron chi connectivity index (χ4n) is 2.61. The van der Waals surface area contributed by atoms with E-state index in [4.69, 9.17) is 11.6 Å². The lowest BCUT2D eigenvalue weighted by Crippen LogP contribution is -2.33. The van der Waals surface area contributed by atoms with E-state index in [0.717, 1.165) is 23.3 Å². The molecule has 0 aliphatic carbocycles. The average Bonchev–Trinajstić information content (AvgIpc) is 2.66. The number of rotatable bonds is 3. The van der Waals surface area contributed by atoms with Gasteiger partial charge in [0.25, 0.3) is 0 Å². The summed E-state index contributed by atoms with van der Waals surface area (Å²) in [6.45, 7) is 2.49. The van der Waals surface area contributed by atoms with E-state index in [1.165, 1.54) is 37.0 Å². The Balaban J connectivity index is 1.62. The van der Waals surface area contributed by atoms with E-state index in [1.807, 2.05) is 18.2 Å². The Bertz CT molecular complexity index is 635. The predicted molar refractivity (Wildman–Crippen MR) is 88.2 cm³/mol. The molecule has 0 atom stereocenters. The quantitative estimate of drug-likeness (QED) is 0.935. The molecule has 1 amide bonds. The number of likely N-dealkylation sites (tertiary alicyclic amines) is 1. The number of carbonyl (C=O) groups excluding carboxylic acids is 1. The standard InChI is InChI=1S/C15H18ClN3OS/c16-11-5-6-12-13(9-11)21-15(17-12)18-14(20)10-19-7-3-1-2-4-8-19/h5-6,9H,1-4,7-8,10H2,(H,17,18,20). The molecule has 1 saturated heterocycles. The van der Waals surface area contributed by atoms with Gasteiger partial charge < -0.3 is 5.32 Å². The number of halogens is 1. The molecular formula is C15H18ClN3OS. The fourth-order valence-corrected chi connectivity index (χ4v) is 3.77. The highest BCUT2D eigenvalue weighted by atomic mass is 35.5. The third kappa shape index (κ3) is 3.93. The van der Waals surface area contributed by atoms with Crippen LogP contribution in [0.15, 0.2) is 18.2 Å². The zero-order valence-electron chi connectivity index (χ0n) is 11.8. The summed E-state index contributed by atoms with van der Waals surface area (Å²) >= 11 is 7.42. The SMILES string of the molecule is O=C(CN1CCCCCC1)Nc1nc2ccc(Cl)cc2s1. The van der Waals surface area contributed by atoms with Gasteiger partial charge in [-0.25, -0.2) is 4.98 Å². The number of carbonyl (C=O) groups is 1. The molecule has 0 saturated carbocycles. The maximum atomic E-state index is 12.1. The van der Waals surface area contributed by atoms with E-state index >= 15 is 0 Å². The van der Waals surface area contributed by atoms with Crippen molar-refractivity contribution < 1.29 is 4.79 Å². The van der Waals surface area contributed by atoms with Gasteiger partial charge in [-0.05, 0) is 44.1 Å². The zero-order valence-corrected chi connectivity index (χ0v) is 13.3. The maximum Gasteiger partial charge on any atom is 0.240 e. The highest BCUT2D eigenvalue weighted by Crippen LogP contribution is 2.28. The number of nitrogens with one attached hydrogen (secondary N) is 1.